The van der Waals surface area contributed by atoms with Gasteiger partial charge in [-0.2, -0.15) is 0 Å². The van der Waals surface area contributed by atoms with Gasteiger partial charge in [-0.1, -0.05) is 0 Å². The lowest BCUT2D eigenvalue weighted by atomic mass is 10.0. The average Bonchev–Trinajstić information content (AvgIpc) is 2.98. The Hall–Kier alpha value is -2.65. The van der Waals surface area contributed by atoms with E-state index in [0.717, 1.165) is 5.56 Å². The van der Waals surface area contributed by atoms with Gasteiger partial charge in [-0.3, -0.25) is 15.0 Å². The van der Waals surface area contributed by atoms with Crippen LogP contribution in [0.4, 0.5) is 5.69 Å². The van der Waals surface area contributed by atoms with Gasteiger partial charge in [0.05, 0.1) is 4.90 Å². The molecule has 0 aliphatic carbocycles. The maximum atomic E-state index is 12.3. The molecule has 0 radical (unpaired) electrons. The number of hydrogen-bond acceptors (Lipinski definition) is 4. The van der Waals surface area contributed by atoms with E-state index >= 15 is 0 Å². The number of hydrazine groups is 1. The van der Waals surface area contributed by atoms with E-state index in [0.29, 0.717) is 24.2 Å². The van der Waals surface area contributed by atoms with Crippen molar-refractivity contribution in [3.63, 3.8) is 0 Å². The maximum absolute atomic E-state index is 12.3. The number of rotatable bonds is 4. The van der Waals surface area contributed by atoms with Crippen molar-refractivity contribution in [3.05, 3.63) is 47.8 Å². The van der Waals surface area contributed by atoms with Gasteiger partial charge in [0.2, 0.25) is 5.91 Å². The fraction of sp³-hybridized carbons (Fsp3) is 0.200. The number of aryl methyl sites for hydroxylation is 2. The van der Waals surface area contributed by atoms with E-state index in [1.165, 1.54) is 12.1 Å². The topological polar surface area (TPSA) is 109 Å². The Morgan fingerprint density at radius 1 is 1.25 bits per heavy atom. The lowest BCUT2D eigenvalue weighted by Crippen LogP contribution is -2.42. The van der Waals surface area contributed by atoms with Crippen molar-refractivity contribution >= 4 is 27.5 Å². The van der Waals surface area contributed by atoms with Gasteiger partial charge in [0, 0.05) is 25.4 Å². The molecule has 9 heteroatoms. The molecule has 0 unspecified atom stereocenters. The standard InChI is InChI=1S/C15H16N4O4S/c1-19-8-2-3-13(19)15(21)17-18-24(22,23)11-5-6-12-10(9-11)4-7-14(20)16-12/h2-3,5-6,8-9,18H,4,7H2,1H3,(H,16,20)(H,17,21). The summed E-state index contributed by atoms with van der Waals surface area (Å²) in [5.41, 5.74) is 3.86. The fourth-order valence-corrected chi connectivity index (χ4v) is 3.35. The molecule has 24 heavy (non-hydrogen) atoms. The zero-order valence-electron chi connectivity index (χ0n) is 12.9. The second-order valence-electron chi connectivity index (χ2n) is 5.43. The summed E-state index contributed by atoms with van der Waals surface area (Å²) in [7, 11) is -2.23. The summed E-state index contributed by atoms with van der Waals surface area (Å²) >= 11 is 0. The van der Waals surface area contributed by atoms with E-state index in [1.54, 1.807) is 36.0 Å². The quantitative estimate of drug-likeness (QED) is 0.700. The van der Waals surface area contributed by atoms with Crippen LogP contribution >= 0.6 is 0 Å². The Bertz CT molecular complexity index is 917. The third-order valence-corrected chi connectivity index (χ3v) is 5.00. The SMILES string of the molecule is Cn1cccc1C(=O)NNS(=O)(=O)c1ccc2c(c1)CCC(=O)N2. The van der Waals surface area contributed by atoms with Crippen molar-refractivity contribution in [2.24, 2.45) is 7.05 Å². The molecule has 3 rings (SSSR count). The zero-order chi connectivity index (χ0) is 17.3. The fourth-order valence-electron chi connectivity index (χ4n) is 2.46. The molecule has 0 spiro atoms. The van der Waals surface area contributed by atoms with E-state index in [-0.39, 0.29) is 10.8 Å². The van der Waals surface area contributed by atoms with Crippen LogP contribution in [-0.4, -0.2) is 24.8 Å². The smallest absolute Gasteiger partial charge is 0.282 e. The van der Waals surface area contributed by atoms with Gasteiger partial charge in [-0.15, -0.1) is 4.83 Å². The van der Waals surface area contributed by atoms with Gasteiger partial charge < -0.3 is 9.88 Å². The van der Waals surface area contributed by atoms with Crippen LogP contribution < -0.4 is 15.6 Å². The lowest BCUT2D eigenvalue weighted by Gasteiger charge is -2.17. The highest BCUT2D eigenvalue weighted by molar-refractivity contribution is 7.89. The van der Waals surface area contributed by atoms with Gasteiger partial charge in [0.15, 0.2) is 0 Å². The first kappa shape index (κ1) is 16.2. The molecule has 126 valence electrons. The largest absolute Gasteiger partial charge is 0.347 e. The monoisotopic (exact) mass is 348 g/mol. The molecule has 3 N–H and O–H groups in total. The first-order valence-corrected chi connectivity index (χ1v) is 8.71. The average molecular weight is 348 g/mol. The summed E-state index contributed by atoms with van der Waals surface area (Å²) < 4.78 is 26.2. The van der Waals surface area contributed by atoms with Crippen molar-refractivity contribution in [2.45, 2.75) is 17.7 Å². The molecule has 0 atom stereocenters. The van der Waals surface area contributed by atoms with Gasteiger partial charge >= 0.3 is 0 Å². The molecule has 2 aromatic rings. The van der Waals surface area contributed by atoms with Crippen LogP contribution in [0.5, 0.6) is 0 Å². The Balaban J connectivity index is 1.75. The van der Waals surface area contributed by atoms with Crippen molar-refractivity contribution in [3.8, 4) is 0 Å². The van der Waals surface area contributed by atoms with Crippen LogP contribution in [0.25, 0.3) is 0 Å². The molecular weight excluding hydrogens is 332 g/mol. The molecule has 0 bridgehead atoms. The molecule has 2 heterocycles. The first-order valence-electron chi connectivity index (χ1n) is 7.23. The predicted molar refractivity (Wildman–Crippen MR) is 86.6 cm³/mol. The van der Waals surface area contributed by atoms with Crippen LogP contribution in [0.2, 0.25) is 0 Å². The minimum atomic E-state index is -3.91. The van der Waals surface area contributed by atoms with Gasteiger partial charge in [-0.25, -0.2) is 8.42 Å². The molecule has 1 aliphatic heterocycles. The van der Waals surface area contributed by atoms with Crippen LogP contribution in [0.15, 0.2) is 41.4 Å². The Kier molecular flexibility index (Phi) is 4.12. The number of nitrogens with zero attached hydrogens (tertiary/aromatic N) is 1. The number of benzene rings is 1. The molecule has 8 nitrogen and oxygen atoms in total. The van der Waals surface area contributed by atoms with E-state index in [2.05, 4.69) is 15.6 Å². The molecule has 0 fully saturated rings. The van der Waals surface area contributed by atoms with Crippen LogP contribution in [0, 0.1) is 0 Å². The number of fused-ring (bicyclic) bond motifs is 1. The molecular formula is C15H16N4O4S. The van der Waals surface area contributed by atoms with Crippen molar-refractivity contribution in [1.29, 1.82) is 0 Å². The van der Waals surface area contributed by atoms with Gasteiger partial charge in [-0.05, 0) is 42.3 Å². The zero-order valence-corrected chi connectivity index (χ0v) is 13.7. The predicted octanol–water partition coefficient (Wildman–Crippen LogP) is 0.533. The summed E-state index contributed by atoms with van der Waals surface area (Å²) in [4.78, 5) is 25.4. The van der Waals surface area contributed by atoms with Crippen molar-refractivity contribution < 1.29 is 18.0 Å². The van der Waals surface area contributed by atoms with E-state index in [4.69, 9.17) is 0 Å². The summed E-state index contributed by atoms with van der Waals surface area (Å²) in [5.74, 6) is -0.651. The van der Waals surface area contributed by atoms with Crippen LogP contribution in [0.3, 0.4) is 0 Å². The van der Waals surface area contributed by atoms with E-state index < -0.39 is 15.9 Å². The second kappa shape index (κ2) is 6.10. The van der Waals surface area contributed by atoms with Crippen molar-refractivity contribution in [1.82, 2.24) is 14.8 Å². The number of anilines is 1. The van der Waals surface area contributed by atoms with Gasteiger partial charge in [0.25, 0.3) is 15.9 Å². The summed E-state index contributed by atoms with van der Waals surface area (Å²) in [5, 5.41) is 2.69. The third kappa shape index (κ3) is 3.17. The Morgan fingerprint density at radius 3 is 2.75 bits per heavy atom. The highest BCUT2D eigenvalue weighted by Gasteiger charge is 2.21. The summed E-state index contributed by atoms with van der Waals surface area (Å²) in [6, 6.07) is 7.67. The van der Waals surface area contributed by atoms with Crippen LogP contribution in [-0.2, 0) is 28.3 Å². The minimum absolute atomic E-state index is 0.0181. The maximum Gasteiger partial charge on any atom is 0.282 e. The lowest BCUT2D eigenvalue weighted by molar-refractivity contribution is -0.116. The number of carbonyl (C=O) groups is 2. The molecule has 1 aromatic heterocycles. The molecule has 1 aliphatic rings. The highest BCUT2D eigenvalue weighted by Crippen LogP contribution is 2.25. The van der Waals surface area contributed by atoms with E-state index in [1.807, 2.05) is 0 Å². The number of hydrogen-bond donors (Lipinski definition) is 3. The summed E-state index contributed by atoms with van der Waals surface area (Å²) in [6.45, 7) is 0. The normalized spacial score (nSPS) is 14.0. The molecule has 1 aromatic carbocycles. The Morgan fingerprint density at radius 2 is 2.04 bits per heavy atom. The number of nitrogens with one attached hydrogen (secondary N) is 3. The van der Waals surface area contributed by atoms with Gasteiger partial charge in [0.1, 0.15) is 5.69 Å². The summed E-state index contributed by atoms with van der Waals surface area (Å²) in [6.07, 6.45) is 2.47. The Labute approximate surface area is 138 Å². The molecule has 0 saturated heterocycles. The number of sulfonamides is 1. The molecule has 2 amide bonds. The molecule has 0 saturated carbocycles. The third-order valence-electron chi connectivity index (χ3n) is 3.76. The highest BCUT2D eigenvalue weighted by atomic mass is 32.2. The van der Waals surface area contributed by atoms with E-state index in [9.17, 15) is 18.0 Å². The minimum Gasteiger partial charge on any atom is -0.347 e. The first-order chi connectivity index (χ1) is 11.4. The second-order valence-corrected chi connectivity index (χ2v) is 7.11. The number of carbonyl (C=O) groups excluding carboxylic acids is 2. The van der Waals surface area contributed by atoms with Crippen molar-refractivity contribution in [2.75, 3.05) is 5.32 Å². The van der Waals surface area contributed by atoms with Crippen LogP contribution in [0.1, 0.15) is 22.5 Å². The number of amides is 2. The number of aromatic nitrogens is 1.